The number of hydrogen-bond donors (Lipinski definition) is 3. The molecule has 1 aromatic carbocycles. The molecule has 0 unspecified atom stereocenters. The smallest absolute Gasteiger partial charge is 0.261 e. The summed E-state index contributed by atoms with van der Waals surface area (Å²) < 4.78 is 0. The summed E-state index contributed by atoms with van der Waals surface area (Å²) in [4.78, 5) is 12.6. The van der Waals surface area contributed by atoms with Crippen molar-refractivity contribution in [2.75, 3.05) is 17.3 Å². The highest BCUT2D eigenvalue weighted by atomic mass is 35.5. The molecule has 0 atom stereocenters. The molecule has 1 heterocycles. The number of anilines is 2. The van der Waals surface area contributed by atoms with Crippen LogP contribution in [0.2, 0.25) is 5.02 Å². The Balaban J connectivity index is 2.24. The molecule has 0 saturated heterocycles. The molecule has 20 heavy (non-hydrogen) atoms. The highest BCUT2D eigenvalue weighted by Gasteiger charge is 2.18. The molecule has 0 aliphatic rings. The summed E-state index contributed by atoms with van der Waals surface area (Å²) in [5.74, 6) is -0.506. The zero-order chi connectivity index (χ0) is 14.7. The molecule has 0 aliphatic carbocycles. The Kier molecular flexibility index (Phi) is 4.80. The number of halogens is 1. The molecule has 1 aromatic heterocycles. The van der Waals surface area contributed by atoms with Gasteiger partial charge in [0.1, 0.15) is 9.88 Å². The van der Waals surface area contributed by atoms with Gasteiger partial charge in [0.15, 0.2) is 0 Å². The van der Waals surface area contributed by atoms with Gasteiger partial charge in [-0.2, -0.15) is 0 Å². The highest BCUT2D eigenvalue weighted by Crippen LogP contribution is 2.41. The molecule has 0 fully saturated rings. The minimum Gasteiger partial charge on any atom is -0.396 e. The maximum atomic E-state index is 11.3. The number of carbonyl (C=O) groups excluding carboxylic acids is 1. The van der Waals surface area contributed by atoms with Crippen LogP contribution in [-0.4, -0.2) is 12.2 Å². The number of rotatable bonds is 5. The van der Waals surface area contributed by atoms with Crippen LogP contribution in [0.25, 0.3) is 0 Å². The summed E-state index contributed by atoms with van der Waals surface area (Å²) in [5.41, 5.74) is 12.7. The molecule has 2 aromatic rings. The lowest BCUT2D eigenvalue weighted by molar-refractivity contribution is 0.100. The van der Waals surface area contributed by atoms with Crippen molar-refractivity contribution in [2.24, 2.45) is 5.73 Å². The maximum absolute atomic E-state index is 11.3. The Labute approximate surface area is 130 Å². The van der Waals surface area contributed by atoms with E-state index < -0.39 is 5.91 Å². The van der Waals surface area contributed by atoms with Crippen molar-refractivity contribution in [1.82, 2.24) is 0 Å². The van der Waals surface area contributed by atoms with Crippen LogP contribution in [0.3, 0.4) is 0 Å². The number of benzene rings is 1. The summed E-state index contributed by atoms with van der Waals surface area (Å²) in [6, 6.07) is 7.59. The van der Waals surface area contributed by atoms with E-state index in [1.54, 1.807) is 0 Å². The molecule has 0 radical (unpaired) electrons. The summed E-state index contributed by atoms with van der Waals surface area (Å²) in [6.07, 6.45) is 1.91. The molecule has 0 aliphatic heterocycles. The second-order valence-electron chi connectivity index (χ2n) is 4.02. The quantitative estimate of drug-likeness (QED) is 0.735. The Morgan fingerprint density at radius 2 is 2.15 bits per heavy atom. The van der Waals surface area contributed by atoms with Crippen LogP contribution in [0, 0.1) is 0 Å². The first kappa shape index (κ1) is 15.0. The standard InChI is InChI=1S/C13H14ClN3OS2/c1-19-11-9(15)10(12(16)18)20-13(11)17-6-7-4-2-3-5-8(7)14/h2-5,17H,6,15H2,1H3,(H2,16,18). The molecule has 4 nitrogen and oxygen atoms in total. The summed E-state index contributed by atoms with van der Waals surface area (Å²) in [7, 11) is 0. The third-order valence-electron chi connectivity index (χ3n) is 2.72. The van der Waals surface area contributed by atoms with Gasteiger partial charge in [-0.15, -0.1) is 23.1 Å². The normalized spacial score (nSPS) is 10.5. The van der Waals surface area contributed by atoms with E-state index in [2.05, 4.69) is 5.32 Å². The lowest BCUT2D eigenvalue weighted by atomic mass is 10.2. The van der Waals surface area contributed by atoms with Gasteiger partial charge >= 0.3 is 0 Å². The van der Waals surface area contributed by atoms with Crippen molar-refractivity contribution >= 4 is 51.3 Å². The van der Waals surface area contributed by atoms with Gasteiger partial charge in [-0.05, 0) is 17.9 Å². The van der Waals surface area contributed by atoms with Gasteiger partial charge in [0, 0.05) is 11.6 Å². The van der Waals surface area contributed by atoms with E-state index in [0.717, 1.165) is 15.5 Å². The van der Waals surface area contributed by atoms with Crippen LogP contribution in [0.15, 0.2) is 29.2 Å². The predicted molar refractivity (Wildman–Crippen MR) is 87.8 cm³/mol. The Morgan fingerprint density at radius 1 is 1.45 bits per heavy atom. The molecular formula is C13H14ClN3OS2. The van der Waals surface area contributed by atoms with Gasteiger partial charge in [-0.25, -0.2) is 0 Å². The van der Waals surface area contributed by atoms with Crippen LogP contribution in [0.4, 0.5) is 10.7 Å². The van der Waals surface area contributed by atoms with Gasteiger partial charge in [-0.3, -0.25) is 4.79 Å². The average Bonchev–Trinajstić information content (AvgIpc) is 2.74. The van der Waals surface area contributed by atoms with Crippen LogP contribution in [0.1, 0.15) is 15.2 Å². The van der Waals surface area contributed by atoms with Gasteiger partial charge < -0.3 is 16.8 Å². The third kappa shape index (κ3) is 3.03. The Hall–Kier alpha value is -1.37. The molecule has 1 amide bonds. The van der Waals surface area contributed by atoms with E-state index in [-0.39, 0.29) is 0 Å². The molecule has 106 valence electrons. The van der Waals surface area contributed by atoms with E-state index in [0.29, 0.717) is 22.1 Å². The first-order valence-electron chi connectivity index (χ1n) is 5.78. The van der Waals surface area contributed by atoms with Gasteiger partial charge in [0.2, 0.25) is 0 Å². The maximum Gasteiger partial charge on any atom is 0.261 e. The van der Waals surface area contributed by atoms with E-state index in [1.807, 2.05) is 30.5 Å². The fourth-order valence-electron chi connectivity index (χ4n) is 1.75. The second kappa shape index (κ2) is 6.39. The lowest BCUT2D eigenvalue weighted by Crippen LogP contribution is -2.10. The predicted octanol–water partition coefficient (Wildman–Crippen LogP) is 3.42. The summed E-state index contributed by atoms with van der Waals surface area (Å²) >= 11 is 8.86. The number of thiophene rings is 1. The fraction of sp³-hybridized carbons (Fsp3) is 0.154. The second-order valence-corrected chi connectivity index (χ2v) is 6.26. The molecule has 5 N–H and O–H groups in total. The first-order chi connectivity index (χ1) is 9.54. The highest BCUT2D eigenvalue weighted by molar-refractivity contribution is 7.99. The number of amides is 1. The van der Waals surface area contributed by atoms with Gasteiger partial charge in [0.05, 0.1) is 10.6 Å². The Morgan fingerprint density at radius 3 is 2.75 bits per heavy atom. The van der Waals surface area contributed by atoms with Gasteiger partial charge in [0.25, 0.3) is 5.91 Å². The molecule has 0 spiro atoms. The Bertz CT molecular complexity index is 643. The van der Waals surface area contributed by atoms with Crippen LogP contribution < -0.4 is 16.8 Å². The number of hydrogen-bond acceptors (Lipinski definition) is 5. The van der Waals surface area contributed by atoms with Crippen LogP contribution in [0.5, 0.6) is 0 Å². The van der Waals surface area contributed by atoms with Crippen LogP contribution in [-0.2, 0) is 6.54 Å². The average molecular weight is 328 g/mol. The lowest BCUT2D eigenvalue weighted by Gasteiger charge is -2.07. The van der Waals surface area contributed by atoms with E-state index in [9.17, 15) is 4.79 Å². The number of primary amides is 1. The fourth-order valence-corrected chi connectivity index (χ4v) is 3.83. The number of nitrogens with one attached hydrogen (secondary N) is 1. The number of nitrogen functional groups attached to an aromatic ring is 1. The van der Waals surface area contributed by atoms with Crippen molar-refractivity contribution in [2.45, 2.75) is 11.4 Å². The topological polar surface area (TPSA) is 81.1 Å². The van der Waals surface area contributed by atoms with E-state index >= 15 is 0 Å². The number of nitrogens with two attached hydrogens (primary N) is 2. The zero-order valence-corrected chi connectivity index (χ0v) is 13.2. The SMILES string of the molecule is CSc1c(NCc2ccccc2Cl)sc(C(N)=O)c1N. The zero-order valence-electron chi connectivity index (χ0n) is 10.8. The molecule has 0 bridgehead atoms. The van der Waals surface area contributed by atoms with Crippen molar-refractivity contribution in [1.29, 1.82) is 0 Å². The van der Waals surface area contributed by atoms with E-state index in [4.69, 9.17) is 23.1 Å². The summed E-state index contributed by atoms with van der Waals surface area (Å²) in [6.45, 7) is 0.561. The molecule has 0 saturated carbocycles. The van der Waals surface area contributed by atoms with Crippen molar-refractivity contribution in [3.8, 4) is 0 Å². The number of carbonyl (C=O) groups is 1. The van der Waals surface area contributed by atoms with Crippen LogP contribution >= 0.6 is 34.7 Å². The van der Waals surface area contributed by atoms with Crippen molar-refractivity contribution in [3.63, 3.8) is 0 Å². The summed E-state index contributed by atoms with van der Waals surface area (Å²) in [5, 5.41) is 4.80. The van der Waals surface area contributed by atoms with E-state index in [1.165, 1.54) is 23.1 Å². The third-order valence-corrected chi connectivity index (χ3v) is 5.23. The number of thioether (sulfide) groups is 1. The first-order valence-corrected chi connectivity index (χ1v) is 8.19. The molecular weight excluding hydrogens is 314 g/mol. The van der Waals surface area contributed by atoms with Crippen molar-refractivity contribution < 1.29 is 4.79 Å². The molecule has 2 rings (SSSR count). The minimum atomic E-state index is -0.506. The monoisotopic (exact) mass is 327 g/mol. The largest absolute Gasteiger partial charge is 0.396 e. The van der Waals surface area contributed by atoms with Crippen molar-refractivity contribution in [3.05, 3.63) is 39.7 Å². The minimum absolute atomic E-state index is 0.385. The molecule has 7 heteroatoms. The van der Waals surface area contributed by atoms with Gasteiger partial charge in [-0.1, -0.05) is 29.8 Å².